The van der Waals surface area contributed by atoms with Crippen LogP contribution in [0.15, 0.2) is 40.0 Å². The predicted molar refractivity (Wildman–Crippen MR) is 101 cm³/mol. The fourth-order valence-electron chi connectivity index (χ4n) is 3.09. The highest BCUT2D eigenvalue weighted by Crippen LogP contribution is 2.19. The van der Waals surface area contributed by atoms with Crippen LogP contribution in [0, 0.1) is 5.82 Å². The summed E-state index contributed by atoms with van der Waals surface area (Å²) in [4.78, 5) is 9.21. The highest BCUT2D eigenvalue weighted by Gasteiger charge is 2.20. The number of nitrogens with one attached hydrogen (secondary N) is 1. The van der Waals surface area contributed by atoms with Crippen LogP contribution in [0.3, 0.4) is 0 Å². The van der Waals surface area contributed by atoms with Gasteiger partial charge in [0.2, 0.25) is 0 Å². The summed E-state index contributed by atoms with van der Waals surface area (Å²) < 4.78 is 23.7. The lowest BCUT2D eigenvalue weighted by atomic mass is 10.2. The van der Waals surface area contributed by atoms with E-state index in [-0.39, 0.29) is 11.6 Å². The first-order chi connectivity index (χ1) is 13.2. The third-order valence-corrected chi connectivity index (χ3v) is 4.51. The van der Waals surface area contributed by atoms with E-state index in [1.807, 2.05) is 12.1 Å². The van der Waals surface area contributed by atoms with Gasteiger partial charge in [-0.2, -0.15) is 0 Å². The van der Waals surface area contributed by atoms with Crippen LogP contribution in [0.5, 0.6) is 5.75 Å². The number of piperazine rings is 1. The molecule has 1 N–H and O–H groups in total. The summed E-state index contributed by atoms with van der Waals surface area (Å²) >= 11 is 0. The Labute approximate surface area is 158 Å². The number of guanidine groups is 1. The van der Waals surface area contributed by atoms with Crippen LogP contribution in [0.25, 0.3) is 0 Å². The van der Waals surface area contributed by atoms with Crippen molar-refractivity contribution < 1.29 is 13.7 Å². The van der Waals surface area contributed by atoms with Crippen LogP contribution < -0.4 is 10.1 Å². The lowest BCUT2D eigenvalue weighted by molar-refractivity contribution is 0.172. The number of aromatic nitrogens is 1. The molecule has 0 saturated carbocycles. The Hall–Kier alpha value is -2.61. The molecular weight excluding hydrogens is 349 g/mol. The molecule has 0 unspecified atom stereocenters. The molecule has 2 heterocycles. The maximum atomic E-state index is 13.9. The molecule has 1 saturated heterocycles. The Balaban J connectivity index is 1.55. The number of aliphatic imine (C=N–C) groups is 1. The van der Waals surface area contributed by atoms with Crippen LogP contribution in [0.1, 0.15) is 18.2 Å². The summed E-state index contributed by atoms with van der Waals surface area (Å²) in [5.41, 5.74) is 1.76. The number of benzene rings is 1. The molecule has 8 heteroatoms. The van der Waals surface area contributed by atoms with Crippen LogP contribution in [0.4, 0.5) is 4.39 Å². The SMILES string of the molecule is CCNC(=NCc1ccon1)N1CCN(Cc2ccc(OC)c(F)c2)CC1. The minimum absolute atomic E-state index is 0.280. The van der Waals surface area contributed by atoms with E-state index in [9.17, 15) is 4.39 Å². The third kappa shape index (κ3) is 5.19. The van der Waals surface area contributed by atoms with E-state index in [0.717, 1.165) is 56.5 Å². The Morgan fingerprint density at radius 3 is 2.74 bits per heavy atom. The van der Waals surface area contributed by atoms with Gasteiger partial charge < -0.3 is 19.5 Å². The molecule has 1 aromatic carbocycles. The van der Waals surface area contributed by atoms with Crippen molar-refractivity contribution in [3.05, 3.63) is 47.6 Å². The van der Waals surface area contributed by atoms with E-state index >= 15 is 0 Å². The summed E-state index contributed by atoms with van der Waals surface area (Å²) in [5, 5.41) is 7.23. The molecule has 2 aromatic rings. The Morgan fingerprint density at radius 2 is 2.11 bits per heavy atom. The van der Waals surface area contributed by atoms with Gasteiger partial charge in [-0.15, -0.1) is 0 Å². The largest absolute Gasteiger partial charge is 0.494 e. The highest BCUT2D eigenvalue weighted by atomic mass is 19.1. The minimum atomic E-state index is -0.317. The molecule has 1 aliphatic heterocycles. The number of halogens is 1. The molecule has 0 amide bonds. The molecule has 0 atom stereocenters. The molecule has 3 rings (SSSR count). The van der Waals surface area contributed by atoms with Crippen LogP contribution in [0.2, 0.25) is 0 Å². The molecule has 27 heavy (non-hydrogen) atoms. The number of nitrogens with zero attached hydrogens (tertiary/aromatic N) is 4. The van der Waals surface area contributed by atoms with Gasteiger partial charge in [-0.25, -0.2) is 9.38 Å². The molecule has 0 bridgehead atoms. The second kappa shape index (κ2) is 9.36. The van der Waals surface area contributed by atoms with E-state index < -0.39 is 0 Å². The standard InChI is InChI=1S/C19H26FN5O2/c1-3-21-19(22-13-16-6-11-27-23-16)25-9-7-24(8-10-25)14-15-4-5-18(26-2)17(20)12-15/h4-6,11-12H,3,7-10,13-14H2,1-2H3,(H,21,22). The van der Waals surface area contributed by atoms with Crippen molar-refractivity contribution in [3.8, 4) is 5.75 Å². The minimum Gasteiger partial charge on any atom is -0.494 e. The highest BCUT2D eigenvalue weighted by molar-refractivity contribution is 5.80. The number of rotatable bonds is 6. The first-order valence-electron chi connectivity index (χ1n) is 9.17. The quantitative estimate of drug-likeness (QED) is 0.616. The van der Waals surface area contributed by atoms with Gasteiger partial charge >= 0.3 is 0 Å². The molecular formula is C19H26FN5O2. The van der Waals surface area contributed by atoms with E-state index in [0.29, 0.717) is 6.54 Å². The Kier molecular flexibility index (Phi) is 6.64. The molecule has 0 radical (unpaired) electrons. The van der Waals surface area contributed by atoms with Crippen molar-refractivity contribution in [2.24, 2.45) is 4.99 Å². The Bertz CT molecular complexity index is 743. The zero-order chi connectivity index (χ0) is 19.1. The third-order valence-electron chi connectivity index (χ3n) is 4.51. The lowest BCUT2D eigenvalue weighted by Gasteiger charge is -2.36. The monoisotopic (exact) mass is 375 g/mol. The van der Waals surface area contributed by atoms with Crippen molar-refractivity contribution in [2.45, 2.75) is 20.0 Å². The second-order valence-corrected chi connectivity index (χ2v) is 6.39. The van der Waals surface area contributed by atoms with Crippen molar-refractivity contribution in [1.29, 1.82) is 0 Å². The maximum Gasteiger partial charge on any atom is 0.194 e. The fraction of sp³-hybridized carbons (Fsp3) is 0.474. The van der Waals surface area contributed by atoms with Crippen molar-refractivity contribution in [2.75, 3.05) is 39.8 Å². The van der Waals surface area contributed by atoms with Gasteiger partial charge in [-0.05, 0) is 24.6 Å². The fourth-order valence-corrected chi connectivity index (χ4v) is 3.09. The molecule has 7 nitrogen and oxygen atoms in total. The first kappa shape index (κ1) is 19.2. The zero-order valence-electron chi connectivity index (χ0n) is 15.8. The normalized spacial score (nSPS) is 15.8. The molecule has 1 aliphatic rings. The summed E-state index contributed by atoms with van der Waals surface area (Å²) in [6.45, 7) is 7.59. The summed E-state index contributed by atoms with van der Waals surface area (Å²) in [6.07, 6.45) is 1.55. The Morgan fingerprint density at radius 1 is 1.30 bits per heavy atom. The molecule has 1 fully saturated rings. The van der Waals surface area contributed by atoms with Gasteiger partial charge in [-0.3, -0.25) is 4.90 Å². The van der Waals surface area contributed by atoms with Crippen LogP contribution in [-0.4, -0.2) is 60.7 Å². The maximum absolute atomic E-state index is 13.9. The average Bonchev–Trinajstić information content (AvgIpc) is 3.20. The van der Waals surface area contributed by atoms with Crippen LogP contribution in [-0.2, 0) is 13.1 Å². The van der Waals surface area contributed by atoms with Gasteiger partial charge in [-0.1, -0.05) is 11.2 Å². The van der Waals surface area contributed by atoms with Crippen molar-refractivity contribution in [1.82, 2.24) is 20.3 Å². The summed E-state index contributed by atoms with van der Waals surface area (Å²) in [7, 11) is 1.48. The smallest absolute Gasteiger partial charge is 0.194 e. The van der Waals surface area contributed by atoms with E-state index in [1.54, 1.807) is 18.4 Å². The average molecular weight is 375 g/mol. The van der Waals surface area contributed by atoms with Gasteiger partial charge in [0.15, 0.2) is 17.5 Å². The first-order valence-corrected chi connectivity index (χ1v) is 9.17. The van der Waals surface area contributed by atoms with E-state index in [2.05, 4.69) is 32.2 Å². The summed E-state index contributed by atoms with van der Waals surface area (Å²) in [5.74, 6) is 0.848. The predicted octanol–water partition coefficient (Wildman–Crippen LogP) is 2.11. The molecule has 146 valence electrons. The topological polar surface area (TPSA) is 66.1 Å². The zero-order valence-corrected chi connectivity index (χ0v) is 15.8. The second-order valence-electron chi connectivity index (χ2n) is 6.39. The van der Waals surface area contributed by atoms with Crippen molar-refractivity contribution >= 4 is 5.96 Å². The molecule has 0 spiro atoms. The van der Waals surface area contributed by atoms with E-state index in [4.69, 9.17) is 9.26 Å². The molecule has 1 aromatic heterocycles. The van der Waals surface area contributed by atoms with Gasteiger partial charge in [0, 0.05) is 45.3 Å². The van der Waals surface area contributed by atoms with E-state index in [1.165, 1.54) is 7.11 Å². The number of hydrogen-bond donors (Lipinski definition) is 1. The van der Waals surface area contributed by atoms with Gasteiger partial charge in [0.05, 0.1) is 13.7 Å². The summed E-state index contributed by atoms with van der Waals surface area (Å²) in [6, 6.07) is 6.96. The number of hydrogen-bond acceptors (Lipinski definition) is 5. The molecule has 0 aliphatic carbocycles. The number of methoxy groups -OCH3 is 1. The van der Waals surface area contributed by atoms with Crippen molar-refractivity contribution in [3.63, 3.8) is 0 Å². The van der Waals surface area contributed by atoms with Crippen LogP contribution >= 0.6 is 0 Å². The lowest BCUT2D eigenvalue weighted by Crippen LogP contribution is -2.52. The number of ether oxygens (including phenoxy) is 1. The van der Waals surface area contributed by atoms with Gasteiger partial charge in [0.1, 0.15) is 12.0 Å². The van der Waals surface area contributed by atoms with Gasteiger partial charge in [0.25, 0.3) is 0 Å².